The fourth-order valence-electron chi connectivity index (χ4n) is 1.81. The number of hydrogen-bond acceptors (Lipinski definition) is 3. The first-order chi connectivity index (χ1) is 9.06. The van der Waals surface area contributed by atoms with Crippen LogP contribution in [0.15, 0.2) is 23.8 Å². The van der Waals surface area contributed by atoms with E-state index in [1.54, 1.807) is 12.2 Å². The first-order valence-corrected chi connectivity index (χ1v) is 7.10. The van der Waals surface area contributed by atoms with Crippen LogP contribution in [0, 0.1) is 0 Å². The molecule has 0 amide bonds. The summed E-state index contributed by atoms with van der Waals surface area (Å²) < 4.78 is 0. The van der Waals surface area contributed by atoms with Gasteiger partial charge in [-0.2, -0.15) is 0 Å². The van der Waals surface area contributed by atoms with Crippen LogP contribution in [0.4, 0.5) is 0 Å². The SMILES string of the molecule is CNCCCCCCCC(=O)/C=C/C(C)=C/C(C)=O. The molecular formula is C16H27NO2. The van der Waals surface area contributed by atoms with E-state index in [0.717, 1.165) is 25.0 Å². The third kappa shape index (κ3) is 13.0. The maximum Gasteiger partial charge on any atom is 0.155 e. The van der Waals surface area contributed by atoms with E-state index in [1.807, 2.05) is 14.0 Å². The van der Waals surface area contributed by atoms with Crippen LogP contribution < -0.4 is 5.32 Å². The Balaban J connectivity index is 3.65. The third-order valence-electron chi connectivity index (χ3n) is 2.81. The van der Waals surface area contributed by atoms with E-state index in [2.05, 4.69) is 5.32 Å². The summed E-state index contributed by atoms with van der Waals surface area (Å²) in [7, 11) is 1.97. The molecule has 0 unspecified atom stereocenters. The molecule has 0 aromatic carbocycles. The number of rotatable bonds is 11. The lowest BCUT2D eigenvalue weighted by atomic mass is 10.1. The molecular weight excluding hydrogens is 238 g/mol. The van der Waals surface area contributed by atoms with Crippen molar-refractivity contribution in [1.82, 2.24) is 5.32 Å². The van der Waals surface area contributed by atoms with E-state index in [0.29, 0.717) is 6.42 Å². The highest BCUT2D eigenvalue weighted by molar-refractivity contribution is 5.91. The minimum atomic E-state index is 0.0103. The van der Waals surface area contributed by atoms with Crippen LogP contribution in [0.1, 0.15) is 52.4 Å². The molecule has 0 atom stereocenters. The van der Waals surface area contributed by atoms with Gasteiger partial charge in [0.25, 0.3) is 0 Å². The molecule has 0 spiro atoms. The normalized spacial score (nSPS) is 12.1. The molecule has 1 N–H and O–H groups in total. The highest BCUT2D eigenvalue weighted by Gasteiger charge is 1.97. The van der Waals surface area contributed by atoms with Gasteiger partial charge in [0.1, 0.15) is 0 Å². The van der Waals surface area contributed by atoms with Gasteiger partial charge in [-0.3, -0.25) is 9.59 Å². The summed E-state index contributed by atoms with van der Waals surface area (Å²) in [6.07, 6.45) is 11.1. The molecule has 0 aliphatic rings. The average molecular weight is 265 g/mol. The lowest BCUT2D eigenvalue weighted by molar-refractivity contribution is -0.115. The van der Waals surface area contributed by atoms with Crippen molar-refractivity contribution in [2.75, 3.05) is 13.6 Å². The van der Waals surface area contributed by atoms with Crippen LogP contribution in [0.3, 0.4) is 0 Å². The summed E-state index contributed by atoms with van der Waals surface area (Å²) >= 11 is 0. The summed E-state index contributed by atoms with van der Waals surface area (Å²) in [4.78, 5) is 22.4. The Morgan fingerprint density at radius 1 is 0.947 bits per heavy atom. The second-order valence-electron chi connectivity index (χ2n) is 4.92. The lowest BCUT2D eigenvalue weighted by Crippen LogP contribution is -2.06. The van der Waals surface area contributed by atoms with Gasteiger partial charge >= 0.3 is 0 Å². The molecule has 0 saturated heterocycles. The summed E-state index contributed by atoms with van der Waals surface area (Å²) in [5, 5.41) is 3.13. The van der Waals surface area contributed by atoms with Crippen molar-refractivity contribution in [1.29, 1.82) is 0 Å². The highest BCUT2D eigenvalue weighted by Crippen LogP contribution is 2.06. The summed E-state index contributed by atoms with van der Waals surface area (Å²) in [6.45, 7) is 4.41. The molecule has 19 heavy (non-hydrogen) atoms. The number of ketones is 2. The molecule has 0 aromatic rings. The van der Waals surface area contributed by atoms with Gasteiger partial charge in [0.2, 0.25) is 0 Å². The monoisotopic (exact) mass is 265 g/mol. The van der Waals surface area contributed by atoms with Crippen molar-refractivity contribution in [2.24, 2.45) is 0 Å². The van der Waals surface area contributed by atoms with Crippen molar-refractivity contribution < 1.29 is 9.59 Å². The molecule has 0 heterocycles. The molecule has 0 aliphatic heterocycles. The Kier molecular flexibility index (Phi) is 11.1. The van der Waals surface area contributed by atoms with Crippen molar-refractivity contribution in [3.8, 4) is 0 Å². The van der Waals surface area contributed by atoms with Gasteiger partial charge in [-0.1, -0.05) is 25.3 Å². The zero-order valence-corrected chi connectivity index (χ0v) is 12.5. The number of allylic oxidation sites excluding steroid dienone is 4. The van der Waals surface area contributed by atoms with E-state index >= 15 is 0 Å². The van der Waals surface area contributed by atoms with Gasteiger partial charge in [0.15, 0.2) is 11.6 Å². The molecule has 0 radical (unpaired) electrons. The fraction of sp³-hybridized carbons (Fsp3) is 0.625. The standard InChI is InChI=1S/C16H27NO2/c1-14(13-15(2)18)10-11-16(19)9-7-5-4-6-8-12-17-3/h10-11,13,17H,4-9,12H2,1-3H3/b11-10+,14-13+. The van der Waals surface area contributed by atoms with Crippen molar-refractivity contribution >= 4 is 11.6 Å². The van der Waals surface area contributed by atoms with Crippen LogP contribution in [-0.4, -0.2) is 25.2 Å². The molecule has 0 rings (SSSR count). The first kappa shape index (κ1) is 17.8. The Hall–Kier alpha value is -1.22. The van der Waals surface area contributed by atoms with E-state index in [9.17, 15) is 9.59 Å². The quantitative estimate of drug-likeness (QED) is 0.354. The van der Waals surface area contributed by atoms with Gasteiger partial charge in [-0.15, -0.1) is 0 Å². The second kappa shape index (κ2) is 11.8. The van der Waals surface area contributed by atoms with Gasteiger partial charge in [0, 0.05) is 6.42 Å². The minimum Gasteiger partial charge on any atom is -0.320 e. The average Bonchev–Trinajstić information content (AvgIpc) is 2.34. The molecule has 0 saturated carbocycles. The van der Waals surface area contributed by atoms with Crippen LogP contribution in [0.25, 0.3) is 0 Å². The fourth-order valence-corrected chi connectivity index (χ4v) is 1.81. The van der Waals surface area contributed by atoms with Gasteiger partial charge < -0.3 is 5.32 Å². The van der Waals surface area contributed by atoms with Crippen LogP contribution in [0.5, 0.6) is 0 Å². The number of carbonyl (C=O) groups is 2. The Morgan fingerprint density at radius 2 is 1.58 bits per heavy atom. The zero-order chi connectivity index (χ0) is 14.5. The van der Waals surface area contributed by atoms with Crippen LogP contribution in [0.2, 0.25) is 0 Å². The molecule has 3 heteroatoms. The lowest BCUT2D eigenvalue weighted by Gasteiger charge is -2.00. The maximum absolute atomic E-state index is 11.6. The minimum absolute atomic E-state index is 0.0103. The number of hydrogen-bond donors (Lipinski definition) is 1. The predicted molar refractivity (Wildman–Crippen MR) is 80.2 cm³/mol. The second-order valence-corrected chi connectivity index (χ2v) is 4.92. The third-order valence-corrected chi connectivity index (χ3v) is 2.81. The van der Waals surface area contributed by atoms with Crippen molar-refractivity contribution in [3.63, 3.8) is 0 Å². The molecule has 0 fully saturated rings. The summed E-state index contributed by atoms with van der Waals surface area (Å²) in [5.74, 6) is 0.155. The number of carbonyl (C=O) groups excluding carboxylic acids is 2. The van der Waals surface area contributed by atoms with E-state index in [1.165, 1.54) is 32.3 Å². The van der Waals surface area contributed by atoms with Gasteiger partial charge in [-0.05, 0) is 58.0 Å². The largest absolute Gasteiger partial charge is 0.320 e. The zero-order valence-electron chi connectivity index (χ0n) is 12.5. The number of unbranched alkanes of at least 4 members (excludes halogenated alkanes) is 4. The first-order valence-electron chi connectivity index (χ1n) is 7.10. The molecule has 108 valence electrons. The Bertz CT molecular complexity index is 330. The smallest absolute Gasteiger partial charge is 0.155 e. The molecule has 0 aromatic heterocycles. The van der Waals surface area contributed by atoms with E-state index in [4.69, 9.17) is 0 Å². The van der Waals surface area contributed by atoms with E-state index < -0.39 is 0 Å². The van der Waals surface area contributed by atoms with Crippen molar-refractivity contribution in [2.45, 2.75) is 52.4 Å². The Labute approximate surface area is 117 Å². The topological polar surface area (TPSA) is 46.2 Å². The van der Waals surface area contributed by atoms with Crippen molar-refractivity contribution in [3.05, 3.63) is 23.8 Å². The molecule has 3 nitrogen and oxygen atoms in total. The molecule has 0 aliphatic carbocycles. The predicted octanol–water partition coefficient (Wildman–Crippen LogP) is 3.21. The highest BCUT2D eigenvalue weighted by atomic mass is 16.1. The van der Waals surface area contributed by atoms with Gasteiger partial charge in [0.05, 0.1) is 0 Å². The number of nitrogens with one attached hydrogen (secondary N) is 1. The summed E-state index contributed by atoms with van der Waals surface area (Å²) in [6, 6.07) is 0. The van der Waals surface area contributed by atoms with E-state index in [-0.39, 0.29) is 11.6 Å². The molecule has 0 bridgehead atoms. The maximum atomic E-state index is 11.6. The van der Waals surface area contributed by atoms with Gasteiger partial charge in [-0.25, -0.2) is 0 Å². The van der Waals surface area contributed by atoms with Crippen LogP contribution >= 0.6 is 0 Å². The summed E-state index contributed by atoms with van der Waals surface area (Å²) in [5.41, 5.74) is 0.827. The Morgan fingerprint density at radius 3 is 2.21 bits per heavy atom. The van der Waals surface area contributed by atoms with Crippen LogP contribution in [-0.2, 0) is 9.59 Å².